The lowest BCUT2D eigenvalue weighted by Crippen LogP contribution is -2.44. The minimum Gasteiger partial charge on any atom is -0.396 e. The fraction of sp³-hybridized carbons (Fsp3) is 0.200. The van der Waals surface area contributed by atoms with E-state index in [4.69, 9.17) is 5.73 Å². The van der Waals surface area contributed by atoms with Gasteiger partial charge in [-0.2, -0.15) is 0 Å². The van der Waals surface area contributed by atoms with Gasteiger partial charge in [-0.25, -0.2) is 9.78 Å². The maximum atomic E-state index is 11.9. The third kappa shape index (κ3) is 2.42. The Balaban J connectivity index is 1.85. The Morgan fingerprint density at radius 1 is 1.15 bits per heavy atom. The number of urea groups is 1. The number of hydrogen-bond acceptors (Lipinski definition) is 3. The van der Waals surface area contributed by atoms with Crippen molar-refractivity contribution in [3.05, 3.63) is 42.5 Å². The highest BCUT2D eigenvalue weighted by atomic mass is 16.2. The number of carbonyl (C=O) groups is 1. The van der Waals surface area contributed by atoms with Gasteiger partial charge < -0.3 is 10.6 Å². The number of rotatable bonds is 2. The third-order valence-corrected chi connectivity index (χ3v) is 3.36. The Hall–Kier alpha value is -2.56. The van der Waals surface area contributed by atoms with Gasteiger partial charge in [-0.05, 0) is 18.6 Å². The molecule has 0 spiro atoms. The molecule has 5 nitrogen and oxygen atoms in total. The van der Waals surface area contributed by atoms with Crippen LogP contribution >= 0.6 is 0 Å². The van der Waals surface area contributed by atoms with Crippen molar-refractivity contribution in [1.29, 1.82) is 0 Å². The SMILES string of the molecule is Nc1ccc(-c2ccccc2)nc1NC(=O)N1CCC1. The molecule has 0 bridgehead atoms. The molecule has 3 N–H and O–H groups in total. The second-order valence-electron chi connectivity index (χ2n) is 4.77. The van der Waals surface area contributed by atoms with E-state index in [9.17, 15) is 4.79 Å². The van der Waals surface area contributed by atoms with E-state index in [1.807, 2.05) is 36.4 Å². The highest BCUT2D eigenvalue weighted by molar-refractivity contribution is 5.92. The number of nitrogen functional groups attached to an aromatic ring is 1. The van der Waals surface area contributed by atoms with E-state index in [-0.39, 0.29) is 6.03 Å². The first kappa shape index (κ1) is 12.5. The first-order chi connectivity index (χ1) is 9.74. The third-order valence-electron chi connectivity index (χ3n) is 3.36. The van der Waals surface area contributed by atoms with E-state index in [1.54, 1.807) is 11.0 Å². The predicted octanol–water partition coefficient (Wildman–Crippen LogP) is 2.57. The van der Waals surface area contributed by atoms with Crippen LogP contribution in [0.4, 0.5) is 16.3 Å². The summed E-state index contributed by atoms with van der Waals surface area (Å²) in [7, 11) is 0. The van der Waals surface area contributed by atoms with Gasteiger partial charge in [0, 0.05) is 18.7 Å². The van der Waals surface area contributed by atoms with Gasteiger partial charge >= 0.3 is 6.03 Å². The highest BCUT2D eigenvalue weighted by Crippen LogP contribution is 2.23. The lowest BCUT2D eigenvalue weighted by atomic mass is 10.1. The van der Waals surface area contributed by atoms with Crippen LogP contribution in [0.15, 0.2) is 42.5 Å². The number of nitrogens with zero attached hydrogens (tertiary/aromatic N) is 2. The zero-order chi connectivity index (χ0) is 13.9. The topological polar surface area (TPSA) is 71.2 Å². The minimum absolute atomic E-state index is 0.138. The molecule has 2 heterocycles. The van der Waals surface area contributed by atoms with Gasteiger partial charge in [0.15, 0.2) is 5.82 Å². The van der Waals surface area contributed by atoms with E-state index in [2.05, 4.69) is 10.3 Å². The average molecular weight is 268 g/mol. The van der Waals surface area contributed by atoms with E-state index in [1.165, 1.54) is 0 Å². The number of pyridine rings is 1. The number of carbonyl (C=O) groups excluding carboxylic acids is 1. The number of likely N-dealkylation sites (tertiary alicyclic amines) is 1. The molecule has 2 aromatic rings. The number of nitrogens with one attached hydrogen (secondary N) is 1. The molecule has 0 radical (unpaired) electrons. The van der Waals surface area contributed by atoms with Crippen molar-refractivity contribution in [3.8, 4) is 11.3 Å². The van der Waals surface area contributed by atoms with Crippen molar-refractivity contribution < 1.29 is 4.79 Å². The summed E-state index contributed by atoms with van der Waals surface area (Å²) in [5.41, 5.74) is 8.13. The Bertz CT molecular complexity index is 623. The smallest absolute Gasteiger partial charge is 0.323 e. The highest BCUT2D eigenvalue weighted by Gasteiger charge is 2.21. The van der Waals surface area contributed by atoms with Crippen LogP contribution in [0.5, 0.6) is 0 Å². The standard InChI is InChI=1S/C15H16N4O/c16-12-7-8-13(11-5-2-1-3-6-11)17-14(12)18-15(20)19-9-4-10-19/h1-3,5-8H,4,9-10,16H2,(H,17,18,20). The molecule has 2 amide bonds. The van der Waals surface area contributed by atoms with Gasteiger partial charge in [-0.1, -0.05) is 30.3 Å². The lowest BCUT2D eigenvalue weighted by molar-refractivity contribution is 0.181. The summed E-state index contributed by atoms with van der Waals surface area (Å²) in [4.78, 5) is 18.1. The summed E-state index contributed by atoms with van der Waals surface area (Å²) >= 11 is 0. The van der Waals surface area contributed by atoms with E-state index >= 15 is 0 Å². The van der Waals surface area contributed by atoms with Crippen molar-refractivity contribution in [2.24, 2.45) is 0 Å². The molecule has 1 aromatic carbocycles. The first-order valence-corrected chi connectivity index (χ1v) is 6.62. The van der Waals surface area contributed by atoms with Gasteiger partial charge in [0.1, 0.15) is 0 Å². The fourth-order valence-corrected chi connectivity index (χ4v) is 2.04. The van der Waals surface area contributed by atoms with E-state index < -0.39 is 0 Å². The predicted molar refractivity (Wildman–Crippen MR) is 79.3 cm³/mol. The van der Waals surface area contributed by atoms with Crippen LogP contribution in [-0.2, 0) is 0 Å². The molecule has 20 heavy (non-hydrogen) atoms. The zero-order valence-electron chi connectivity index (χ0n) is 11.0. The fourth-order valence-electron chi connectivity index (χ4n) is 2.04. The second kappa shape index (κ2) is 5.21. The molecule has 1 saturated heterocycles. The molecule has 0 saturated carbocycles. The summed E-state index contributed by atoms with van der Waals surface area (Å²) in [6.45, 7) is 1.59. The Labute approximate surface area is 117 Å². The van der Waals surface area contributed by atoms with Crippen LogP contribution in [0, 0.1) is 0 Å². The first-order valence-electron chi connectivity index (χ1n) is 6.62. The monoisotopic (exact) mass is 268 g/mol. The summed E-state index contributed by atoms with van der Waals surface area (Å²) in [6.07, 6.45) is 1.06. The number of benzene rings is 1. The quantitative estimate of drug-likeness (QED) is 0.879. The van der Waals surface area contributed by atoms with Crippen LogP contribution in [0.1, 0.15) is 6.42 Å². The number of nitrogens with two attached hydrogens (primary N) is 1. The molecule has 3 rings (SSSR count). The minimum atomic E-state index is -0.138. The molecule has 102 valence electrons. The molecule has 0 aliphatic carbocycles. The van der Waals surface area contributed by atoms with Crippen molar-refractivity contribution in [1.82, 2.24) is 9.88 Å². The van der Waals surface area contributed by atoms with E-state index in [0.717, 1.165) is 30.8 Å². The Morgan fingerprint density at radius 2 is 1.90 bits per heavy atom. The number of hydrogen-bond donors (Lipinski definition) is 2. The number of anilines is 2. The van der Waals surface area contributed by atoms with Gasteiger partial charge in [0.05, 0.1) is 11.4 Å². The normalized spacial score (nSPS) is 13.7. The van der Waals surface area contributed by atoms with Gasteiger partial charge in [-0.15, -0.1) is 0 Å². The summed E-state index contributed by atoms with van der Waals surface area (Å²) in [6, 6.07) is 13.3. The van der Waals surface area contributed by atoms with Crippen LogP contribution in [0.3, 0.4) is 0 Å². The number of aromatic nitrogens is 1. The summed E-state index contributed by atoms with van der Waals surface area (Å²) < 4.78 is 0. The lowest BCUT2D eigenvalue weighted by Gasteiger charge is -2.30. The Kier molecular flexibility index (Phi) is 3.25. The van der Waals surface area contributed by atoms with Crippen molar-refractivity contribution in [2.75, 3.05) is 24.1 Å². The molecule has 1 aliphatic heterocycles. The van der Waals surface area contributed by atoms with Crippen molar-refractivity contribution in [3.63, 3.8) is 0 Å². The second-order valence-corrected chi connectivity index (χ2v) is 4.77. The maximum Gasteiger partial charge on any atom is 0.323 e. The van der Waals surface area contributed by atoms with Gasteiger partial charge in [0.2, 0.25) is 0 Å². The summed E-state index contributed by atoms with van der Waals surface area (Å²) in [5.74, 6) is 0.420. The van der Waals surface area contributed by atoms with Gasteiger partial charge in [0.25, 0.3) is 0 Å². The van der Waals surface area contributed by atoms with Crippen LogP contribution in [0.25, 0.3) is 11.3 Å². The Morgan fingerprint density at radius 3 is 2.55 bits per heavy atom. The van der Waals surface area contributed by atoms with Crippen molar-refractivity contribution >= 4 is 17.5 Å². The summed E-state index contributed by atoms with van der Waals surface area (Å²) in [5, 5.41) is 2.77. The molecule has 5 heteroatoms. The molecule has 1 fully saturated rings. The molecule has 0 unspecified atom stereocenters. The molecular formula is C15H16N4O. The zero-order valence-corrected chi connectivity index (χ0v) is 11.0. The van der Waals surface area contributed by atoms with Crippen LogP contribution < -0.4 is 11.1 Å². The molecule has 1 aromatic heterocycles. The molecular weight excluding hydrogens is 252 g/mol. The molecule has 0 atom stereocenters. The maximum absolute atomic E-state index is 11.9. The number of amides is 2. The largest absolute Gasteiger partial charge is 0.396 e. The van der Waals surface area contributed by atoms with E-state index in [0.29, 0.717) is 11.5 Å². The van der Waals surface area contributed by atoms with Crippen LogP contribution in [0.2, 0.25) is 0 Å². The van der Waals surface area contributed by atoms with Gasteiger partial charge in [-0.3, -0.25) is 5.32 Å². The average Bonchev–Trinajstić information content (AvgIpc) is 2.40. The van der Waals surface area contributed by atoms with Crippen molar-refractivity contribution in [2.45, 2.75) is 6.42 Å². The molecule has 1 aliphatic rings. The van der Waals surface area contributed by atoms with Crippen LogP contribution in [-0.4, -0.2) is 29.0 Å².